The van der Waals surface area contributed by atoms with Crippen LogP contribution < -0.4 is 15.6 Å². The van der Waals surface area contributed by atoms with Gasteiger partial charge in [0.1, 0.15) is 5.75 Å². The van der Waals surface area contributed by atoms with Crippen molar-refractivity contribution in [2.45, 2.75) is 33.6 Å². The summed E-state index contributed by atoms with van der Waals surface area (Å²) in [6.07, 6.45) is 0.633. The van der Waals surface area contributed by atoms with Crippen molar-refractivity contribution in [3.05, 3.63) is 69.5 Å². The van der Waals surface area contributed by atoms with E-state index in [0.717, 1.165) is 27.8 Å². The van der Waals surface area contributed by atoms with Gasteiger partial charge in [-0.25, -0.2) is 0 Å². The summed E-state index contributed by atoms with van der Waals surface area (Å²) in [6, 6.07) is 13.2. The van der Waals surface area contributed by atoms with Crippen LogP contribution in [0.4, 0.5) is 5.69 Å². The third-order valence-corrected chi connectivity index (χ3v) is 4.44. The highest BCUT2D eigenvalue weighted by atomic mass is 16.5. The van der Waals surface area contributed by atoms with Crippen molar-refractivity contribution in [2.75, 3.05) is 11.9 Å². The van der Waals surface area contributed by atoms with Crippen LogP contribution in [0.5, 0.6) is 5.75 Å². The van der Waals surface area contributed by atoms with Crippen LogP contribution in [0.3, 0.4) is 0 Å². The predicted octanol–water partition coefficient (Wildman–Crippen LogP) is 4.11. The Morgan fingerprint density at radius 1 is 1.11 bits per heavy atom. The van der Waals surface area contributed by atoms with E-state index in [2.05, 4.69) is 10.3 Å². The number of amides is 1. The van der Waals surface area contributed by atoms with Crippen molar-refractivity contribution in [1.29, 1.82) is 0 Å². The summed E-state index contributed by atoms with van der Waals surface area (Å²) >= 11 is 0. The lowest BCUT2D eigenvalue weighted by Gasteiger charge is -2.08. The van der Waals surface area contributed by atoms with E-state index in [1.807, 2.05) is 51.1 Å². The molecule has 27 heavy (non-hydrogen) atoms. The van der Waals surface area contributed by atoms with E-state index in [1.54, 1.807) is 12.1 Å². The van der Waals surface area contributed by atoms with Gasteiger partial charge in [-0.05, 0) is 74.5 Å². The van der Waals surface area contributed by atoms with Gasteiger partial charge in [0.15, 0.2) is 0 Å². The molecule has 3 aromatic rings. The second kappa shape index (κ2) is 8.08. The Balaban J connectivity index is 1.68. The largest absolute Gasteiger partial charge is 0.494 e. The molecule has 0 saturated carbocycles. The molecule has 5 heteroatoms. The number of pyridine rings is 1. The molecule has 1 heterocycles. The Labute approximate surface area is 158 Å². The van der Waals surface area contributed by atoms with E-state index in [0.29, 0.717) is 24.3 Å². The number of aromatic amines is 1. The monoisotopic (exact) mass is 364 g/mol. The number of hydrogen-bond acceptors (Lipinski definition) is 3. The first-order valence-corrected chi connectivity index (χ1v) is 9.12. The molecule has 0 aliphatic carbocycles. The van der Waals surface area contributed by atoms with Crippen LogP contribution in [0.25, 0.3) is 10.9 Å². The zero-order chi connectivity index (χ0) is 19.4. The number of fused-ring (bicyclic) bond motifs is 1. The lowest BCUT2D eigenvalue weighted by atomic mass is 10.0. The molecule has 5 nitrogen and oxygen atoms in total. The van der Waals surface area contributed by atoms with Gasteiger partial charge >= 0.3 is 0 Å². The molecule has 0 unspecified atom stereocenters. The Hall–Kier alpha value is -3.08. The van der Waals surface area contributed by atoms with Gasteiger partial charge in [0.25, 0.3) is 5.56 Å². The van der Waals surface area contributed by atoms with E-state index < -0.39 is 0 Å². The minimum atomic E-state index is -0.136. The molecule has 0 saturated heterocycles. The van der Waals surface area contributed by atoms with Crippen molar-refractivity contribution in [1.82, 2.24) is 4.98 Å². The summed E-state index contributed by atoms with van der Waals surface area (Å²) in [7, 11) is 0. The molecule has 0 spiro atoms. The Bertz CT molecular complexity index is 1020. The summed E-state index contributed by atoms with van der Waals surface area (Å²) < 4.78 is 5.39. The number of hydrogen-bond donors (Lipinski definition) is 2. The fraction of sp³-hybridized carbons (Fsp3) is 0.273. The van der Waals surface area contributed by atoms with Crippen molar-refractivity contribution >= 4 is 22.5 Å². The molecule has 140 valence electrons. The van der Waals surface area contributed by atoms with Crippen LogP contribution in [0.1, 0.15) is 30.0 Å². The number of H-pyrrole nitrogens is 1. The van der Waals surface area contributed by atoms with E-state index >= 15 is 0 Å². The van der Waals surface area contributed by atoms with E-state index in [4.69, 9.17) is 4.74 Å². The molecule has 0 fully saturated rings. The van der Waals surface area contributed by atoms with Gasteiger partial charge < -0.3 is 15.0 Å². The number of ether oxygens (including phenoxy) is 1. The second-order valence-corrected chi connectivity index (χ2v) is 6.68. The van der Waals surface area contributed by atoms with Crippen LogP contribution in [0.2, 0.25) is 0 Å². The number of anilines is 1. The zero-order valence-corrected chi connectivity index (χ0v) is 15.9. The molecule has 0 atom stereocenters. The van der Waals surface area contributed by atoms with E-state index in [-0.39, 0.29) is 17.9 Å². The van der Waals surface area contributed by atoms with Crippen molar-refractivity contribution < 1.29 is 9.53 Å². The first kappa shape index (κ1) is 18.7. The van der Waals surface area contributed by atoms with Crippen molar-refractivity contribution in [3.63, 3.8) is 0 Å². The molecule has 3 rings (SSSR count). The van der Waals surface area contributed by atoms with Gasteiger partial charge in [-0.3, -0.25) is 9.59 Å². The molecule has 0 aliphatic heterocycles. The average Bonchev–Trinajstić information content (AvgIpc) is 2.62. The number of benzene rings is 2. The van der Waals surface area contributed by atoms with Crippen LogP contribution in [-0.2, 0) is 11.2 Å². The van der Waals surface area contributed by atoms with Gasteiger partial charge in [0, 0.05) is 17.7 Å². The number of aromatic nitrogens is 1. The van der Waals surface area contributed by atoms with Gasteiger partial charge in [-0.2, -0.15) is 0 Å². The topological polar surface area (TPSA) is 71.2 Å². The number of aryl methyl sites for hydroxylation is 3. The van der Waals surface area contributed by atoms with Gasteiger partial charge in [0.2, 0.25) is 5.91 Å². The third-order valence-electron chi connectivity index (χ3n) is 4.44. The molecule has 0 bridgehead atoms. The van der Waals surface area contributed by atoms with E-state index in [9.17, 15) is 9.59 Å². The molecule has 2 N–H and O–H groups in total. The first-order valence-electron chi connectivity index (χ1n) is 9.12. The molecular weight excluding hydrogens is 340 g/mol. The quantitative estimate of drug-likeness (QED) is 0.691. The fourth-order valence-electron chi connectivity index (χ4n) is 3.19. The fourth-order valence-corrected chi connectivity index (χ4v) is 3.19. The summed E-state index contributed by atoms with van der Waals surface area (Å²) in [6.45, 7) is 6.54. The van der Waals surface area contributed by atoms with Crippen LogP contribution in [-0.4, -0.2) is 17.5 Å². The summed E-state index contributed by atoms with van der Waals surface area (Å²) in [4.78, 5) is 27.5. The normalized spacial score (nSPS) is 10.8. The average molecular weight is 364 g/mol. The van der Waals surface area contributed by atoms with Gasteiger partial charge in [-0.15, -0.1) is 0 Å². The second-order valence-electron chi connectivity index (χ2n) is 6.68. The smallest absolute Gasteiger partial charge is 0.251 e. The number of carbonyl (C=O) groups is 1. The van der Waals surface area contributed by atoms with Gasteiger partial charge in [0.05, 0.1) is 12.1 Å². The SMILES string of the molecule is CCOc1ccc(NC(=O)CCc2cc3cc(C)cc(C)c3[nH]c2=O)cc1. The lowest BCUT2D eigenvalue weighted by Crippen LogP contribution is -2.17. The van der Waals surface area contributed by atoms with Crippen LogP contribution in [0.15, 0.2) is 47.3 Å². The molecule has 0 aliphatic rings. The highest BCUT2D eigenvalue weighted by Crippen LogP contribution is 2.19. The Kier molecular flexibility index (Phi) is 5.60. The van der Waals surface area contributed by atoms with E-state index in [1.165, 1.54) is 0 Å². The Morgan fingerprint density at radius 2 is 1.85 bits per heavy atom. The van der Waals surface area contributed by atoms with Gasteiger partial charge in [-0.1, -0.05) is 11.6 Å². The lowest BCUT2D eigenvalue weighted by molar-refractivity contribution is -0.116. The number of carbonyl (C=O) groups excluding carboxylic acids is 1. The van der Waals surface area contributed by atoms with Crippen molar-refractivity contribution in [3.8, 4) is 5.75 Å². The summed E-state index contributed by atoms with van der Waals surface area (Å²) in [5.74, 6) is 0.642. The maximum atomic E-state index is 12.3. The predicted molar refractivity (Wildman–Crippen MR) is 109 cm³/mol. The van der Waals surface area contributed by atoms with Crippen molar-refractivity contribution in [2.24, 2.45) is 0 Å². The molecule has 1 aromatic heterocycles. The first-order chi connectivity index (χ1) is 13.0. The van der Waals surface area contributed by atoms with Crippen LogP contribution in [0, 0.1) is 13.8 Å². The minimum Gasteiger partial charge on any atom is -0.494 e. The molecule has 1 amide bonds. The third kappa shape index (κ3) is 4.56. The standard InChI is InChI=1S/C22H24N2O3/c1-4-27-19-8-6-18(7-9-19)23-20(25)10-5-16-13-17-12-14(2)11-15(3)21(17)24-22(16)26/h6-9,11-13H,4-5,10H2,1-3H3,(H,23,25)(H,24,26). The number of nitrogens with one attached hydrogen (secondary N) is 2. The maximum absolute atomic E-state index is 12.3. The molecule has 2 aromatic carbocycles. The highest BCUT2D eigenvalue weighted by Gasteiger charge is 2.09. The Morgan fingerprint density at radius 3 is 2.56 bits per heavy atom. The minimum absolute atomic E-state index is 0.126. The summed E-state index contributed by atoms with van der Waals surface area (Å²) in [5, 5.41) is 3.84. The highest BCUT2D eigenvalue weighted by molar-refractivity contribution is 5.91. The van der Waals surface area contributed by atoms with Crippen LogP contribution >= 0.6 is 0 Å². The maximum Gasteiger partial charge on any atom is 0.251 e. The number of rotatable bonds is 6. The zero-order valence-electron chi connectivity index (χ0n) is 15.9. The summed E-state index contributed by atoms with van der Waals surface area (Å²) in [5.41, 5.74) is 4.24. The molecular formula is C22H24N2O3. The molecule has 0 radical (unpaired) electrons.